The van der Waals surface area contributed by atoms with Crippen LogP contribution in [0, 0.1) is 5.92 Å². The van der Waals surface area contributed by atoms with E-state index in [0.717, 1.165) is 11.1 Å². The third-order valence-corrected chi connectivity index (χ3v) is 6.09. The number of carboxylic acid groups (broad SMARTS) is 1. The van der Waals surface area contributed by atoms with Crippen LogP contribution in [0.5, 0.6) is 11.5 Å². The van der Waals surface area contributed by atoms with Crippen LogP contribution in [0.15, 0.2) is 84.9 Å². The third kappa shape index (κ3) is 4.54. The van der Waals surface area contributed by atoms with Crippen molar-refractivity contribution in [2.24, 2.45) is 5.92 Å². The molecule has 5 heteroatoms. The van der Waals surface area contributed by atoms with Gasteiger partial charge in [0, 0.05) is 11.5 Å². The fourth-order valence-corrected chi connectivity index (χ4v) is 4.32. The fourth-order valence-electron chi connectivity index (χ4n) is 4.32. The van der Waals surface area contributed by atoms with Gasteiger partial charge < -0.3 is 19.7 Å². The molecule has 4 aromatic carbocycles. The van der Waals surface area contributed by atoms with Crippen LogP contribution in [0.3, 0.4) is 0 Å². The molecule has 1 aliphatic rings. The number of aromatic carboxylic acids is 1. The van der Waals surface area contributed by atoms with E-state index < -0.39 is 12.1 Å². The Morgan fingerprint density at radius 2 is 1.76 bits per heavy atom. The lowest BCUT2D eigenvalue weighted by Crippen LogP contribution is -2.27. The molecule has 0 aliphatic carbocycles. The number of hydrogen-bond acceptors (Lipinski definition) is 4. The molecule has 2 atom stereocenters. The molecular formula is C28H24O5. The first-order valence-electron chi connectivity index (χ1n) is 10.9. The van der Waals surface area contributed by atoms with Crippen molar-refractivity contribution in [2.45, 2.75) is 19.1 Å². The molecular weight excluding hydrogens is 416 g/mol. The van der Waals surface area contributed by atoms with E-state index in [4.69, 9.17) is 9.47 Å². The summed E-state index contributed by atoms with van der Waals surface area (Å²) in [6.45, 7) is 0.786. The summed E-state index contributed by atoms with van der Waals surface area (Å²) in [5.74, 6) is 0.169. The molecule has 166 valence electrons. The van der Waals surface area contributed by atoms with E-state index in [1.165, 1.54) is 10.8 Å². The van der Waals surface area contributed by atoms with Crippen LogP contribution in [0.1, 0.15) is 33.2 Å². The lowest BCUT2D eigenvalue weighted by atomic mass is 9.88. The second-order valence-corrected chi connectivity index (χ2v) is 8.40. The Hall–Kier alpha value is -3.83. The van der Waals surface area contributed by atoms with Gasteiger partial charge in [0.05, 0.1) is 18.3 Å². The maximum atomic E-state index is 11.3. The molecule has 0 radical (unpaired) electrons. The zero-order valence-electron chi connectivity index (χ0n) is 18.0. The molecule has 2 N–H and O–H groups in total. The van der Waals surface area contributed by atoms with Gasteiger partial charge in [0.15, 0.2) is 0 Å². The molecule has 0 aromatic heterocycles. The molecule has 5 nitrogen and oxygen atoms in total. The highest BCUT2D eigenvalue weighted by Crippen LogP contribution is 2.39. The standard InChI is InChI=1S/C28H24O5/c29-27-23(13-18-4-3-7-22(12-18)28(30)31)17-33-26-11-10-24(15-25(26)27)32-16-19-8-9-20-5-1-2-6-21(20)14-19/h1-12,14-15,23,27,29H,13,16-17H2,(H,30,31)/t23-,27-/m0/s1. The minimum absolute atomic E-state index is 0.183. The highest BCUT2D eigenvalue weighted by atomic mass is 16.5. The molecule has 1 heterocycles. The van der Waals surface area contributed by atoms with E-state index >= 15 is 0 Å². The quantitative estimate of drug-likeness (QED) is 0.420. The van der Waals surface area contributed by atoms with Crippen LogP contribution in [0.25, 0.3) is 10.8 Å². The summed E-state index contributed by atoms with van der Waals surface area (Å²) >= 11 is 0. The molecule has 4 aromatic rings. The second-order valence-electron chi connectivity index (χ2n) is 8.40. The summed E-state index contributed by atoms with van der Waals surface area (Å²) < 4.78 is 11.9. The van der Waals surface area contributed by atoms with Gasteiger partial charge in [0.2, 0.25) is 0 Å². The fraction of sp³-hybridized carbons (Fsp3) is 0.179. The molecule has 0 unspecified atom stereocenters. The Morgan fingerprint density at radius 3 is 2.61 bits per heavy atom. The number of carbonyl (C=O) groups is 1. The Kier molecular flexibility index (Phi) is 5.71. The van der Waals surface area contributed by atoms with Gasteiger partial charge in [-0.2, -0.15) is 0 Å². The van der Waals surface area contributed by atoms with E-state index in [1.807, 2.05) is 36.4 Å². The average Bonchev–Trinajstić information content (AvgIpc) is 2.84. The molecule has 0 fully saturated rings. The summed E-state index contributed by atoms with van der Waals surface area (Å²) in [6.07, 6.45) is -0.212. The van der Waals surface area contributed by atoms with Crippen LogP contribution < -0.4 is 9.47 Å². The van der Waals surface area contributed by atoms with Gasteiger partial charge in [-0.05, 0) is 64.7 Å². The minimum atomic E-state index is -0.962. The van der Waals surface area contributed by atoms with Crippen LogP contribution in [-0.4, -0.2) is 22.8 Å². The Labute approximate surface area is 191 Å². The van der Waals surface area contributed by atoms with Gasteiger partial charge in [-0.3, -0.25) is 0 Å². The van der Waals surface area contributed by atoms with E-state index in [-0.39, 0.29) is 11.5 Å². The van der Waals surface area contributed by atoms with Gasteiger partial charge in [0.1, 0.15) is 18.1 Å². The smallest absolute Gasteiger partial charge is 0.335 e. The number of carboxylic acids is 1. The third-order valence-electron chi connectivity index (χ3n) is 6.09. The van der Waals surface area contributed by atoms with Gasteiger partial charge >= 0.3 is 5.97 Å². The van der Waals surface area contributed by atoms with Crippen molar-refractivity contribution >= 4 is 16.7 Å². The topological polar surface area (TPSA) is 76.0 Å². The maximum Gasteiger partial charge on any atom is 0.335 e. The minimum Gasteiger partial charge on any atom is -0.493 e. The van der Waals surface area contributed by atoms with E-state index in [0.29, 0.717) is 36.7 Å². The monoisotopic (exact) mass is 440 g/mol. The van der Waals surface area contributed by atoms with Gasteiger partial charge in [0.25, 0.3) is 0 Å². The number of aliphatic hydroxyl groups excluding tert-OH is 1. The lowest BCUT2D eigenvalue weighted by molar-refractivity contribution is 0.0504. The van der Waals surface area contributed by atoms with Gasteiger partial charge in [-0.25, -0.2) is 4.79 Å². The average molecular weight is 440 g/mol. The molecule has 5 rings (SSSR count). The van der Waals surface area contributed by atoms with Crippen molar-refractivity contribution in [3.63, 3.8) is 0 Å². The first kappa shape index (κ1) is 21.0. The summed E-state index contributed by atoms with van der Waals surface area (Å²) in [5, 5.41) is 22.6. The highest BCUT2D eigenvalue weighted by molar-refractivity contribution is 5.87. The number of ether oxygens (including phenoxy) is 2. The van der Waals surface area contributed by atoms with Crippen LogP contribution in [-0.2, 0) is 13.0 Å². The number of hydrogen-bond donors (Lipinski definition) is 2. The van der Waals surface area contributed by atoms with Crippen molar-refractivity contribution < 1.29 is 24.5 Å². The summed E-state index contributed by atoms with van der Waals surface area (Å²) in [5.41, 5.74) is 2.86. The van der Waals surface area contributed by atoms with Crippen molar-refractivity contribution in [3.8, 4) is 11.5 Å². The van der Waals surface area contributed by atoms with Crippen molar-refractivity contribution in [2.75, 3.05) is 6.61 Å². The zero-order valence-corrected chi connectivity index (χ0v) is 18.0. The number of aliphatic hydroxyl groups is 1. The molecule has 0 bridgehead atoms. The molecule has 0 saturated carbocycles. The van der Waals surface area contributed by atoms with Gasteiger partial charge in [-0.15, -0.1) is 0 Å². The predicted octanol–water partition coefficient (Wildman–Crippen LogP) is 5.40. The van der Waals surface area contributed by atoms with E-state index in [9.17, 15) is 15.0 Å². The Bertz CT molecular complexity index is 1310. The van der Waals surface area contributed by atoms with Crippen LogP contribution in [0.4, 0.5) is 0 Å². The normalized spacial score (nSPS) is 17.2. The summed E-state index contributed by atoms with van der Waals surface area (Å²) in [6, 6.07) is 26.8. The number of rotatable bonds is 6. The van der Waals surface area contributed by atoms with E-state index in [2.05, 4.69) is 30.3 Å². The van der Waals surface area contributed by atoms with Crippen molar-refractivity contribution in [1.82, 2.24) is 0 Å². The Morgan fingerprint density at radius 1 is 0.909 bits per heavy atom. The molecule has 33 heavy (non-hydrogen) atoms. The van der Waals surface area contributed by atoms with E-state index in [1.54, 1.807) is 18.2 Å². The summed E-state index contributed by atoms with van der Waals surface area (Å²) in [4.78, 5) is 11.3. The van der Waals surface area contributed by atoms with Crippen LogP contribution >= 0.6 is 0 Å². The maximum absolute atomic E-state index is 11.3. The molecule has 0 amide bonds. The largest absolute Gasteiger partial charge is 0.493 e. The lowest BCUT2D eigenvalue weighted by Gasteiger charge is -2.30. The Balaban J connectivity index is 1.30. The van der Waals surface area contributed by atoms with Gasteiger partial charge in [-0.1, -0.05) is 48.5 Å². The first-order valence-corrected chi connectivity index (χ1v) is 10.9. The predicted molar refractivity (Wildman–Crippen MR) is 126 cm³/mol. The number of fused-ring (bicyclic) bond motifs is 2. The SMILES string of the molecule is O=C(O)c1cccc(C[C@H]2COc3ccc(OCc4ccc5ccccc5c4)cc3[C@H]2O)c1. The van der Waals surface area contributed by atoms with Crippen molar-refractivity contribution in [1.29, 1.82) is 0 Å². The number of benzene rings is 4. The zero-order chi connectivity index (χ0) is 22.8. The first-order chi connectivity index (χ1) is 16.1. The van der Waals surface area contributed by atoms with Crippen LogP contribution in [0.2, 0.25) is 0 Å². The van der Waals surface area contributed by atoms with Crippen molar-refractivity contribution in [3.05, 3.63) is 107 Å². The second kappa shape index (κ2) is 8.96. The molecule has 0 saturated heterocycles. The highest BCUT2D eigenvalue weighted by Gasteiger charge is 2.30. The molecule has 0 spiro atoms. The summed E-state index contributed by atoms with van der Waals surface area (Å²) in [7, 11) is 0. The molecule has 1 aliphatic heterocycles.